The van der Waals surface area contributed by atoms with Crippen molar-refractivity contribution in [3.63, 3.8) is 0 Å². The first kappa shape index (κ1) is 30.2. The molecule has 13 heteroatoms. The van der Waals surface area contributed by atoms with Crippen LogP contribution in [0.4, 0.5) is 52.7 Å². The number of hydrogen-bond donors (Lipinski definition) is 0. The molecule has 0 aliphatic heterocycles. The predicted octanol–water partition coefficient (Wildman–Crippen LogP) is 5.37. The van der Waals surface area contributed by atoms with Crippen LogP contribution in [-0.4, -0.2) is 0 Å². The molecule has 0 aromatic heterocycles. The third kappa shape index (κ3) is 309000. The Morgan fingerprint density at radius 3 is 0.294 bits per heavy atom. The maximum absolute atomic E-state index is 9.58. The van der Waals surface area contributed by atoms with Crippen LogP contribution in [-0.2, 0) is 22.4 Å². The van der Waals surface area contributed by atoms with E-state index in [4.69, 9.17) is 0 Å². The van der Waals surface area contributed by atoms with E-state index in [-0.39, 0.29) is 22.4 Å². The molecule has 0 aliphatic carbocycles. The topological polar surface area (TPSA) is 0 Å². The molecule has 0 spiro atoms. The van der Waals surface area contributed by atoms with E-state index >= 15 is 0 Å². The van der Waals surface area contributed by atoms with Gasteiger partial charge in [-0.15, -0.1) is 0 Å². The minimum absolute atomic E-state index is 0. The summed E-state index contributed by atoms with van der Waals surface area (Å²) in [7, 11) is 0. The Balaban J connectivity index is -0.0000000369. The summed E-state index contributed by atoms with van der Waals surface area (Å²) in [6, 6.07) is 0. The van der Waals surface area contributed by atoms with Crippen LogP contribution < -0.4 is 0 Å². The van der Waals surface area contributed by atoms with Crippen LogP contribution >= 0.6 is 0 Å². The zero-order valence-electron chi connectivity index (χ0n) is 6.84. The van der Waals surface area contributed by atoms with E-state index in [0.29, 0.717) is 0 Å². The molecular weight excluding hydrogens is 384 g/mol. The molecular formula is C4AgF12-4. The van der Waals surface area contributed by atoms with Gasteiger partial charge in [-0.2, -0.15) is 0 Å². The van der Waals surface area contributed by atoms with Crippen LogP contribution in [0.5, 0.6) is 0 Å². The van der Waals surface area contributed by atoms with Gasteiger partial charge in [0.2, 0.25) is 0 Å². The quantitative estimate of drug-likeness (QED) is 0.300. The normalized spacial score (nSPS) is 8.47. The van der Waals surface area contributed by atoms with Gasteiger partial charge in [0.05, 0.1) is 0 Å². The van der Waals surface area contributed by atoms with Crippen molar-refractivity contribution in [2.45, 2.75) is 0 Å². The Hall–Kier alpha value is -0.0997. The molecule has 0 amide bonds. The van der Waals surface area contributed by atoms with Crippen molar-refractivity contribution < 1.29 is 75.1 Å². The van der Waals surface area contributed by atoms with Gasteiger partial charge in [-0.05, 0) is 0 Å². The van der Waals surface area contributed by atoms with Gasteiger partial charge in [0, 0.05) is 22.4 Å². The van der Waals surface area contributed by atoms with E-state index in [1.54, 1.807) is 0 Å². The summed E-state index contributed by atoms with van der Waals surface area (Å²) < 4.78 is 115. The van der Waals surface area contributed by atoms with Crippen molar-refractivity contribution in [1.29, 1.82) is 0 Å². The molecule has 0 aliphatic rings. The molecule has 0 heterocycles. The van der Waals surface area contributed by atoms with E-state index in [1.807, 2.05) is 0 Å². The molecule has 0 N–H and O–H groups in total. The van der Waals surface area contributed by atoms with Crippen LogP contribution in [0.25, 0.3) is 0 Å². The van der Waals surface area contributed by atoms with Crippen LogP contribution in [0.15, 0.2) is 0 Å². The minimum atomic E-state index is -3.08. The zero-order valence-corrected chi connectivity index (χ0v) is 8.32. The van der Waals surface area contributed by atoms with Crippen molar-refractivity contribution in [2.75, 3.05) is 0 Å². The first-order valence-electron chi connectivity index (χ1n) is 2.27. The monoisotopic (exact) mass is 383 g/mol. The van der Waals surface area contributed by atoms with E-state index in [0.717, 1.165) is 0 Å². The fourth-order valence-electron chi connectivity index (χ4n) is 0. The van der Waals surface area contributed by atoms with Crippen molar-refractivity contribution in [3.05, 3.63) is 26.7 Å². The number of halogens is 12. The third-order valence-corrected chi connectivity index (χ3v) is 0. The Morgan fingerprint density at radius 2 is 0.294 bits per heavy atom. The van der Waals surface area contributed by atoms with Crippen LogP contribution in [0, 0.1) is 26.7 Å². The number of hydrogen-bond acceptors (Lipinski definition) is 0. The second-order valence-electron chi connectivity index (χ2n) is 0.857. The molecule has 0 saturated carbocycles. The summed E-state index contributed by atoms with van der Waals surface area (Å²) in [6.45, 7) is -12.3. The average Bonchev–Trinajstić information content (AvgIpc) is 1.76. The maximum atomic E-state index is 9.58. The summed E-state index contributed by atoms with van der Waals surface area (Å²) in [6.07, 6.45) is 0. The Labute approximate surface area is 102 Å². The van der Waals surface area contributed by atoms with Gasteiger partial charge in [-0.3, -0.25) is 0 Å². The second-order valence-corrected chi connectivity index (χ2v) is 0.857. The molecule has 0 atom stereocenters. The van der Waals surface area contributed by atoms with Gasteiger partial charge in [-0.25, -0.2) is 0 Å². The molecule has 1 radical (unpaired) electrons. The fourth-order valence-corrected chi connectivity index (χ4v) is 0. The second kappa shape index (κ2) is 24.9. The maximum Gasteiger partial charge on any atom is 0.154 e. The SMILES string of the molecule is F[C-](F)F.F[C-](F)F.F[C-](F)F.F[C-](F)F.[Ag]. The third-order valence-electron chi connectivity index (χ3n) is 0. The van der Waals surface area contributed by atoms with Gasteiger partial charge in [0.1, 0.15) is 0 Å². The molecule has 0 unspecified atom stereocenters. The van der Waals surface area contributed by atoms with Crippen molar-refractivity contribution in [3.8, 4) is 0 Å². The molecule has 0 bridgehead atoms. The van der Waals surface area contributed by atoms with E-state index in [9.17, 15) is 52.7 Å². The average molecular weight is 384 g/mol. The fraction of sp³-hybridized carbons (Fsp3) is 0. The molecule has 115 valence electrons. The Kier molecular flexibility index (Phi) is 44.2. The molecule has 0 saturated heterocycles. The summed E-state index contributed by atoms with van der Waals surface area (Å²) in [5.41, 5.74) is 0. The van der Waals surface area contributed by atoms with Crippen molar-refractivity contribution in [1.82, 2.24) is 0 Å². The first-order chi connectivity index (χ1) is 6.93. The van der Waals surface area contributed by atoms with Crippen LogP contribution in [0.1, 0.15) is 0 Å². The van der Waals surface area contributed by atoms with E-state index < -0.39 is 26.7 Å². The van der Waals surface area contributed by atoms with Gasteiger partial charge >= 0.3 is 0 Å². The molecule has 0 nitrogen and oxygen atoms in total. The van der Waals surface area contributed by atoms with Gasteiger partial charge in [0.25, 0.3) is 0 Å². The van der Waals surface area contributed by atoms with Crippen LogP contribution in [0.3, 0.4) is 0 Å². The molecule has 0 aromatic carbocycles. The van der Waals surface area contributed by atoms with Crippen LogP contribution in [0.2, 0.25) is 0 Å². The summed E-state index contributed by atoms with van der Waals surface area (Å²) in [4.78, 5) is 0. The number of rotatable bonds is 0. The van der Waals surface area contributed by atoms with E-state index in [2.05, 4.69) is 0 Å². The smallest absolute Gasteiger partial charge is 0.154 e. The van der Waals surface area contributed by atoms with Gasteiger partial charge in [0.15, 0.2) is 26.7 Å². The first-order valence-corrected chi connectivity index (χ1v) is 2.27. The standard InChI is InChI=1S/4CF3.Ag/c4*2-1(3)4;/q4*-1;. The Morgan fingerprint density at radius 1 is 0.294 bits per heavy atom. The van der Waals surface area contributed by atoms with Gasteiger partial charge in [-0.1, -0.05) is 0 Å². The van der Waals surface area contributed by atoms with Crippen molar-refractivity contribution >= 4 is 0 Å². The largest absolute Gasteiger partial charge is 0.385 e. The molecule has 0 rings (SSSR count). The summed E-state index contributed by atoms with van der Waals surface area (Å²) in [5.74, 6) is 0. The van der Waals surface area contributed by atoms with E-state index in [1.165, 1.54) is 0 Å². The Bertz CT molecular complexity index is 61.5. The molecule has 17 heavy (non-hydrogen) atoms. The molecule has 0 fully saturated rings. The van der Waals surface area contributed by atoms with Crippen molar-refractivity contribution in [2.24, 2.45) is 0 Å². The van der Waals surface area contributed by atoms with Gasteiger partial charge < -0.3 is 52.7 Å². The summed E-state index contributed by atoms with van der Waals surface area (Å²) in [5, 5.41) is 0. The summed E-state index contributed by atoms with van der Waals surface area (Å²) >= 11 is 0. The zero-order chi connectivity index (χ0) is 14.3. The molecule has 0 aromatic rings. The predicted molar refractivity (Wildman–Crippen MR) is 26.3 cm³/mol. The minimum Gasteiger partial charge on any atom is -0.385 e.